The smallest absolute Gasteiger partial charge is 0.387 e. The largest absolute Gasteiger partial charge is 0.485 e. The maximum absolute atomic E-state index is 12.7. The number of halogens is 3. The lowest BCUT2D eigenvalue weighted by molar-refractivity contribution is -0.141. The Morgan fingerprint density at radius 2 is 1.93 bits per heavy atom. The Labute approximate surface area is 167 Å². The second-order valence-electron chi connectivity index (χ2n) is 5.89. The number of hydrogen-bond acceptors (Lipinski definition) is 5. The van der Waals surface area contributed by atoms with E-state index in [1.54, 1.807) is 18.2 Å². The minimum absolute atomic E-state index is 0. The average Bonchev–Trinajstić information content (AvgIpc) is 3.17. The van der Waals surface area contributed by atoms with E-state index in [-0.39, 0.29) is 36.5 Å². The lowest BCUT2D eigenvalue weighted by atomic mass is 10.1. The maximum atomic E-state index is 12.7. The number of alkyl halides is 2. The molecule has 1 heterocycles. The topological polar surface area (TPSA) is 56.8 Å². The van der Waals surface area contributed by atoms with Crippen molar-refractivity contribution in [3.63, 3.8) is 0 Å². The van der Waals surface area contributed by atoms with Gasteiger partial charge in [0.05, 0.1) is 7.11 Å². The number of carbonyl (C=O) groups is 1. The minimum Gasteiger partial charge on any atom is -0.485 e. The molecule has 1 atom stereocenters. The summed E-state index contributed by atoms with van der Waals surface area (Å²) in [4.78, 5) is 11.6. The van der Waals surface area contributed by atoms with Gasteiger partial charge in [0.15, 0.2) is 11.5 Å². The lowest BCUT2D eigenvalue weighted by Crippen LogP contribution is -2.31. The summed E-state index contributed by atoms with van der Waals surface area (Å²) in [6, 6.07) is 13.6. The van der Waals surface area contributed by atoms with E-state index in [2.05, 4.69) is 10.1 Å². The van der Waals surface area contributed by atoms with Gasteiger partial charge in [0, 0.05) is 6.54 Å². The molecule has 2 aromatic rings. The van der Waals surface area contributed by atoms with Crippen LogP contribution in [0, 0.1) is 0 Å². The van der Waals surface area contributed by atoms with Crippen LogP contribution < -0.4 is 14.8 Å². The molecule has 3 rings (SSSR count). The molecular weight excluding hydrogens is 392 g/mol. The number of hydrogen-bond donors (Lipinski definition) is 1. The van der Waals surface area contributed by atoms with E-state index < -0.39 is 12.7 Å². The zero-order chi connectivity index (χ0) is 19.2. The van der Waals surface area contributed by atoms with Crippen molar-refractivity contribution in [1.82, 2.24) is 5.32 Å². The Morgan fingerprint density at radius 1 is 1.18 bits per heavy atom. The summed E-state index contributed by atoms with van der Waals surface area (Å²) in [6.45, 7) is -2.29. The normalized spacial score (nSPS) is 15.6. The second-order valence-corrected chi connectivity index (χ2v) is 5.89. The summed E-state index contributed by atoms with van der Waals surface area (Å²) >= 11 is 0. The standard InChI is InChI=1S/C20H19F2NO4.ClH/c1-25-19(24)16-9-15(11-23-16)14-7-8-17(27-20(21)22)18(10-14)26-12-13-5-3-2-4-6-13;/h2-10,16,20,23H,11-12H2,1H3;1H. The van der Waals surface area contributed by atoms with Gasteiger partial charge in [0.2, 0.25) is 0 Å². The highest BCUT2D eigenvalue weighted by molar-refractivity contribution is 5.85. The van der Waals surface area contributed by atoms with Crippen molar-refractivity contribution in [3.8, 4) is 11.5 Å². The Morgan fingerprint density at radius 3 is 2.61 bits per heavy atom. The predicted molar refractivity (Wildman–Crippen MR) is 103 cm³/mol. The molecule has 0 saturated heterocycles. The molecule has 0 aliphatic carbocycles. The quantitative estimate of drug-likeness (QED) is 0.702. The number of nitrogens with one attached hydrogen (secondary N) is 1. The molecule has 1 unspecified atom stereocenters. The highest BCUT2D eigenvalue weighted by Crippen LogP contribution is 2.33. The summed E-state index contributed by atoms with van der Waals surface area (Å²) in [5.41, 5.74) is 2.50. The van der Waals surface area contributed by atoms with Crippen molar-refractivity contribution in [2.75, 3.05) is 13.7 Å². The third-order valence-corrected chi connectivity index (χ3v) is 4.10. The molecule has 8 heteroatoms. The highest BCUT2D eigenvalue weighted by atomic mass is 35.5. The first-order valence-electron chi connectivity index (χ1n) is 8.34. The molecular formula is C20H20ClF2NO4. The lowest BCUT2D eigenvalue weighted by Gasteiger charge is -2.14. The minimum atomic E-state index is -2.95. The SMILES string of the molecule is COC(=O)C1C=C(c2ccc(OC(F)F)c(OCc3ccccc3)c2)CN1.Cl. The molecule has 5 nitrogen and oxygen atoms in total. The van der Waals surface area contributed by atoms with Gasteiger partial charge < -0.3 is 14.2 Å². The third kappa shape index (κ3) is 5.43. The Kier molecular flexibility index (Phi) is 7.78. The number of rotatable bonds is 7. The molecule has 0 radical (unpaired) electrons. The molecule has 1 aliphatic heterocycles. The molecule has 1 aliphatic rings. The summed E-state index contributed by atoms with van der Waals surface area (Å²) in [5, 5.41) is 3.02. The van der Waals surface area contributed by atoms with Gasteiger partial charge >= 0.3 is 12.6 Å². The van der Waals surface area contributed by atoms with Crippen LogP contribution >= 0.6 is 12.4 Å². The molecule has 0 aromatic heterocycles. The van der Waals surface area contributed by atoms with E-state index >= 15 is 0 Å². The van der Waals surface area contributed by atoms with Crippen molar-refractivity contribution in [2.45, 2.75) is 19.3 Å². The zero-order valence-corrected chi connectivity index (χ0v) is 15.9. The van der Waals surface area contributed by atoms with Crippen molar-refractivity contribution < 1.29 is 27.8 Å². The van der Waals surface area contributed by atoms with E-state index in [9.17, 15) is 13.6 Å². The molecule has 150 valence electrons. The Bertz CT molecular complexity index is 830. The molecule has 1 N–H and O–H groups in total. The first-order valence-corrected chi connectivity index (χ1v) is 8.34. The first kappa shape index (κ1) is 21.7. The van der Waals surface area contributed by atoms with Gasteiger partial charge in [-0.25, -0.2) is 0 Å². The molecule has 0 saturated carbocycles. The summed E-state index contributed by atoms with van der Waals surface area (Å²) in [6.07, 6.45) is 1.75. The fourth-order valence-electron chi connectivity index (χ4n) is 2.76. The van der Waals surface area contributed by atoms with Gasteiger partial charge in [-0.05, 0) is 28.8 Å². The van der Waals surface area contributed by atoms with Gasteiger partial charge in [-0.1, -0.05) is 42.5 Å². The van der Waals surface area contributed by atoms with Crippen LogP contribution in [0.25, 0.3) is 5.57 Å². The van der Waals surface area contributed by atoms with Gasteiger partial charge in [-0.2, -0.15) is 8.78 Å². The predicted octanol–water partition coefficient (Wildman–Crippen LogP) is 3.82. The van der Waals surface area contributed by atoms with Crippen LogP contribution in [0.5, 0.6) is 11.5 Å². The van der Waals surface area contributed by atoms with E-state index in [0.29, 0.717) is 6.54 Å². The zero-order valence-electron chi connectivity index (χ0n) is 15.1. The third-order valence-electron chi connectivity index (χ3n) is 4.10. The molecule has 0 fully saturated rings. The molecule has 2 aromatic carbocycles. The van der Waals surface area contributed by atoms with E-state index in [1.165, 1.54) is 13.2 Å². The number of esters is 1. The molecule has 0 amide bonds. The van der Waals surface area contributed by atoms with Crippen LogP contribution in [-0.4, -0.2) is 32.3 Å². The fraction of sp³-hybridized carbons (Fsp3) is 0.250. The Hall–Kier alpha value is -2.64. The van der Waals surface area contributed by atoms with Gasteiger partial charge in [0.25, 0.3) is 0 Å². The van der Waals surface area contributed by atoms with Crippen LogP contribution in [0.4, 0.5) is 8.78 Å². The Balaban J connectivity index is 0.00000280. The summed E-state index contributed by atoms with van der Waals surface area (Å²) < 4.78 is 40.4. The monoisotopic (exact) mass is 411 g/mol. The number of carbonyl (C=O) groups excluding carboxylic acids is 1. The fourth-order valence-corrected chi connectivity index (χ4v) is 2.76. The summed E-state index contributed by atoms with van der Waals surface area (Å²) in [5.74, 6) is -0.219. The van der Waals surface area contributed by atoms with E-state index in [4.69, 9.17) is 9.47 Å². The molecule has 0 spiro atoms. The van der Waals surface area contributed by atoms with Crippen LogP contribution in [0.2, 0.25) is 0 Å². The van der Waals surface area contributed by atoms with Gasteiger partial charge in [0.1, 0.15) is 12.6 Å². The van der Waals surface area contributed by atoms with E-state index in [1.807, 2.05) is 30.3 Å². The van der Waals surface area contributed by atoms with Gasteiger partial charge in [-0.3, -0.25) is 10.1 Å². The van der Waals surface area contributed by atoms with Crippen molar-refractivity contribution in [1.29, 1.82) is 0 Å². The maximum Gasteiger partial charge on any atom is 0.387 e. The average molecular weight is 412 g/mol. The highest BCUT2D eigenvalue weighted by Gasteiger charge is 2.24. The van der Waals surface area contributed by atoms with Crippen molar-refractivity contribution >= 4 is 23.9 Å². The van der Waals surface area contributed by atoms with Crippen LogP contribution in [0.1, 0.15) is 11.1 Å². The van der Waals surface area contributed by atoms with Crippen LogP contribution in [0.15, 0.2) is 54.6 Å². The van der Waals surface area contributed by atoms with E-state index in [0.717, 1.165) is 16.7 Å². The molecule has 28 heavy (non-hydrogen) atoms. The van der Waals surface area contributed by atoms with Crippen LogP contribution in [0.3, 0.4) is 0 Å². The number of methoxy groups -OCH3 is 1. The first-order chi connectivity index (χ1) is 13.1. The number of benzene rings is 2. The van der Waals surface area contributed by atoms with Gasteiger partial charge in [-0.15, -0.1) is 12.4 Å². The number of ether oxygens (including phenoxy) is 3. The van der Waals surface area contributed by atoms with Crippen molar-refractivity contribution in [3.05, 3.63) is 65.7 Å². The van der Waals surface area contributed by atoms with Crippen molar-refractivity contribution in [2.24, 2.45) is 0 Å². The second kappa shape index (κ2) is 10.1. The van der Waals surface area contributed by atoms with Crippen LogP contribution in [-0.2, 0) is 16.1 Å². The molecule has 0 bridgehead atoms. The summed E-state index contributed by atoms with van der Waals surface area (Å²) in [7, 11) is 1.32.